The average molecular weight is 254 g/mol. The molecule has 1 heterocycles. The lowest BCUT2D eigenvalue weighted by Crippen LogP contribution is -2.17. The Hall–Kier alpha value is -1.59. The summed E-state index contributed by atoms with van der Waals surface area (Å²) >= 11 is 0. The van der Waals surface area contributed by atoms with Gasteiger partial charge in [0.1, 0.15) is 0 Å². The third kappa shape index (κ3) is 5.16. The molecule has 0 spiro atoms. The van der Waals surface area contributed by atoms with Gasteiger partial charge in [0.25, 0.3) is 0 Å². The Kier molecular flexibility index (Phi) is 5.12. The summed E-state index contributed by atoms with van der Waals surface area (Å²) in [5.74, 6) is 0.464. The molecule has 6 nitrogen and oxygen atoms in total. The van der Waals surface area contributed by atoms with Crippen LogP contribution in [0.25, 0.3) is 0 Å². The van der Waals surface area contributed by atoms with Crippen molar-refractivity contribution in [3.8, 4) is 12.0 Å². The van der Waals surface area contributed by atoms with Crippen molar-refractivity contribution in [2.24, 2.45) is 0 Å². The summed E-state index contributed by atoms with van der Waals surface area (Å²) in [6.07, 6.45) is 0.0115. The first-order valence-corrected chi connectivity index (χ1v) is 6.22. The molecule has 1 N–H and O–H groups in total. The molecule has 18 heavy (non-hydrogen) atoms. The van der Waals surface area contributed by atoms with Gasteiger partial charge in [-0.25, -0.2) is 0 Å². The van der Waals surface area contributed by atoms with Crippen molar-refractivity contribution in [3.63, 3.8) is 0 Å². The highest BCUT2D eigenvalue weighted by Gasteiger charge is 2.11. The van der Waals surface area contributed by atoms with E-state index in [9.17, 15) is 0 Å². The topological polar surface area (TPSA) is 69.2 Å². The van der Waals surface area contributed by atoms with E-state index in [4.69, 9.17) is 9.47 Å². The molecule has 0 fully saturated rings. The molecule has 0 atom stereocenters. The minimum absolute atomic E-state index is 0.00574. The largest absolute Gasteiger partial charge is 0.461 e. The van der Waals surface area contributed by atoms with E-state index in [1.54, 1.807) is 0 Å². The van der Waals surface area contributed by atoms with Gasteiger partial charge in [-0.1, -0.05) is 0 Å². The summed E-state index contributed by atoms with van der Waals surface area (Å²) in [6.45, 7) is 11.7. The van der Waals surface area contributed by atoms with Crippen LogP contribution in [-0.2, 0) is 0 Å². The Bertz CT molecular complexity index is 311. The molecule has 1 rings (SSSR count). The molecule has 0 bridgehead atoms. The zero-order chi connectivity index (χ0) is 13.7. The van der Waals surface area contributed by atoms with Gasteiger partial charge >= 0.3 is 12.0 Å². The quantitative estimate of drug-likeness (QED) is 0.839. The Morgan fingerprint density at radius 3 is 1.56 bits per heavy atom. The van der Waals surface area contributed by atoms with Crippen LogP contribution in [-0.4, -0.2) is 33.2 Å². The standard InChI is InChI=1S/C12H22N4O2/c1-7(2)13-10-14-11(17-8(3)4)16-12(15-10)18-9(5)6/h7-9H,1-6H3,(H,13,14,15,16). The highest BCUT2D eigenvalue weighted by Crippen LogP contribution is 2.15. The predicted molar refractivity (Wildman–Crippen MR) is 70.1 cm³/mol. The van der Waals surface area contributed by atoms with Crippen molar-refractivity contribution in [2.45, 2.75) is 59.8 Å². The number of rotatable bonds is 6. The van der Waals surface area contributed by atoms with Crippen LogP contribution in [0.3, 0.4) is 0 Å². The Morgan fingerprint density at radius 1 is 0.778 bits per heavy atom. The average Bonchev–Trinajstić information content (AvgIpc) is 2.12. The van der Waals surface area contributed by atoms with E-state index >= 15 is 0 Å². The van der Waals surface area contributed by atoms with Gasteiger partial charge < -0.3 is 14.8 Å². The van der Waals surface area contributed by atoms with E-state index in [1.807, 2.05) is 41.5 Å². The van der Waals surface area contributed by atoms with E-state index in [1.165, 1.54) is 0 Å². The summed E-state index contributed by atoms with van der Waals surface area (Å²) in [6, 6.07) is 0.781. The maximum Gasteiger partial charge on any atom is 0.324 e. The lowest BCUT2D eigenvalue weighted by Gasteiger charge is -2.14. The molecule has 0 aliphatic carbocycles. The van der Waals surface area contributed by atoms with Crippen molar-refractivity contribution >= 4 is 5.95 Å². The SMILES string of the molecule is CC(C)Nc1nc(OC(C)C)nc(OC(C)C)n1. The number of hydrogen-bond donors (Lipinski definition) is 1. The fourth-order valence-electron chi connectivity index (χ4n) is 1.19. The summed E-state index contributed by atoms with van der Waals surface area (Å²) in [5, 5.41) is 3.11. The second-order valence-electron chi connectivity index (χ2n) is 4.86. The molecular weight excluding hydrogens is 232 g/mol. The second-order valence-corrected chi connectivity index (χ2v) is 4.86. The van der Waals surface area contributed by atoms with Gasteiger partial charge in [0.15, 0.2) is 0 Å². The molecule has 0 aliphatic rings. The number of aromatic nitrogens is 3. The molecular formula is C12H22N4O2. The van der Waals surface area contributed by atoms with E-state index in [0.29, 0.717) is 5.95 Å². The van der Waals surface area contributed by atoms with Gasteiger partial charge in [0.2, 0.25) is 5.95 Å². The number of nitrogens with zero attached hydrogens (tertiary/aromatic N) is 3. The fraction of sp³-hybridized carbons (Fsp3) is 0.750. The minimum atomic E-state index is 0.00574. The number of ether oxygens (including phenoxy) is 2. The number of hydrogen-bond acceptors (Lipinski definition) is 6. The van der Waals surface area contributed by atoms with E-state index in [0.717, 1.165) is 0 Å². The normalized spacial score (nSPS) is 11.2. The van der Waals surface area contributed by atoms with Crippen molar-refractivity contribution in [1.29, 1.82) is 0 Å². The lowest BCUT2D eigenvalue weighted by molar-refractivity contribution is 0.197. The van der Waals surface area contributed by atoms with Gasteiger partial charge in [-0.15, -0.1) is 4.98 Å². The highest BCUT2D eigenvalue weighted by atomic mass is 16.5. The predicted octanol–water partition coefficient (Wildman–Crippen LogP) is 2.27. The summed E-state index contributed by atoms with van der Waals surface area (Å²) in [5.41, 5.74) is 0. The van der Waals surface area contributed by atoms with Crippen LogP contribution in [0.1, 0.15) is 41.5 Å². The van der Waals surface area contributed by atoms with Crippen LogP contribution in [0.5, 0.6) is 12.0 Å². The van der Waals surface area contributed by atoms with Crippen LogP contribution in [0.15, 0.2) is 0 Å². The monoisotopic (exact) mass is 254 g/mol. The third-order valence-electron chi connectivity index (χ3n) is 1.69. The van der Waals surface area contributed by atoms with E-state index < -0.39 is 0 Å². The molecule has 102 valence electrons. The first-order valence-electron chi connectivity index (χ1n) is 6.22. The van der Waals surface area contributed by atoms with Gasteiger partial charge in [0.05, 0.1) is 12.2 Å². The summed E-state index contributed by atoms with van der Waals surface area (Å²) in [4.78, 5) is 12.5. The molecule has 0 saturated carbocycles. The summed E-state index contributed by atoms with van der Waals surface area (Å²) in [7, 11) is 0. The maximum absolute atomic E-state index is 5.48. The Balaban J connectivity index is 2.95. The smallest absolute Gasteiger partial charge is 0.324 e. The van der Waals surface area contributed by atoms with Crippen molar-refractivity contribution < 1.29 is 9.47 Å². The van der Waals surface area contributed by atoms with Crippen LogP contribution in [0, 0.1) is 0 Å². The Morgan fingerprint density at radius 2 is 1.22 bits per heavy atom. The number of anilines is 1. The molecule has 1 aromatic heterocycles. The van der Waals surface area contributed by atoms with E-state index in [2.05, 4.69) is 20.3 Å². The van der Waals surface area contributed by atoms with Crippen LogP contribution in [0.4, 0.5) is 5.95 Å². The van der Waals surface area contributed by atoms with Crippen molar-refractivity contribution in [1.82, 2.24) is 15.0 Å². The van der Waals surface area contributed by atoms with Crippen LogP contribution >= 0.6 is 0 Å². The van der Waals surface area contributed by atoms with Crippen LogP contribution in [0.2, 0.25) is 0 Å². The zero-order valence-electron chi connectivity index (χ0n) is 11.9. The van der Waals surface area contributed by atoms with Crippen molar-refractivity contribution in [3.05, 3.63) is 0 Å². The maximum atomic E-state index is 5.48. The highest BCUT2D eigenvalue weighted by molar-refractivity contribution is 5.28. The Labute approximate surface area is 108 Å². The van der Waals surface area contributed by atoms with Gasteiger partial charge in [-0.05, 0) is 41.5 Å². The molecule has 0 saturated heterocycles. The molecule has 0 amide bonds. The summed E-state index contributed by atoms with van der Waals surface area (Å²) < 4.78 is 11.0. The molecule has 1 aromatic rings. The zero-order valence-corrected chi connectivity index (χ0v) is 11.9. The second kappa shape index (κ2) is 6.37. The molecule has 6 heteroatoms. The van der Waals surface area contributed by atoms with Crippen LogP contribution < -0.4 is 14.8 Å². The van der Waals surface area contributed by atoms with Gasteiger partial charge in [-0.3, -0.25) is 0 Å². The molecule has 0 unspecified atom stereocenters. The van der Waals surface area contributed by atoms with E-state index in [-0.39, 0.29) is 30.3 Å². The first-order chi connectivity index (χ1) is 8.36. The molecule has 0 aromatic carbocycles. The number of nitrogens with one attached hydrogen (secondary N) is 1. The van der Waals surface area contributed by atoms with Crippen molar-refractivity contribution in [2.75, 3.05) is 5.32 Å². The lowest BCUT2D eigenvalue weighted by atomic mass is 10.4. The van der Waals surface area contributed by atoms with Gasteiger partial charge in [0, 0.05) is 6.04 Å². The third-order valence-corrected chi connectivity index (χ3v) is 1.69. The minimum Gasteiger partial charge on any atom is -0.461 e. The fourth-order valence-corrected chi connectivity index (χ4v) is 1.19. The van der Waals surface area contributed by atoms with Gasteiger partial charge in [-0.2, -0.15) is 9.97 Å². The molecule has 0 radical (unpaired) electrons. The molecule has 0 aliphatic heterocycles. The first kappa shape index (κ1) is 14.5.